The van der Waals surface area contributed by atoms with Gasteiger partial charge in [-0.3, -0.25) is 4.90 Å². The Morgan fingerprint density at radius 3 is 2.22 bits per heavy atom. The van der Waals surface area contributed by atoms with Gasteiger partial charge in [0.15, 0.2) is 0 Å². The number of hydrogen-bond donors (Lipinski definition) is 1. The van der Waals surface area contributed by atoms with Crippen molar-refractivity contribution < 1.29 is 8.78 Å². The van der Waals surface area contributed by atoms with Crippen LogP contribution in [0.25, 0.3) is 0 Å². The van der Waals surface area contributed by atoms with E-state index in [1.807, 2.05) is 0 Å². The average Bonchev–Trinajstić information content (AvgIpc) is 2.57. The van der Waals surface area contributed by atoms with Gasteiger partial charge in [-0.1, -0.05) is 0 Å². The number of rotatable bonds is 1. The summed E-state index contributed by atoms with van der Waals surface area (Å²) >= 11 is 0. The Kier molecular flexibility index (Phi) is 3.43. The molecule has 0 saturated carbocycles. The van der Waals surface area contributed by atoms with Crippen molar-refractivity contribution >= 4 is 0 Å². The van der Waals surface area contributed by atoms with Gasteiger partial charge < -0.3 is 5.73 Å². The lowest BCUT2D eigenvalue weighted by molar-refractivity contribution is 0.116. The Morgan fingerprint density at radius 2 is 1.72 bits per heavy atom. The number of likely N-dealkylation sites (tertiary alicyclic amines) is 1. The van der Waals surface area contributed by atoms with Gasteiger partial charge in [0, 0.05) is 24.2 Å². The SMILES string of the molecule is CC(C)(C)N1CCC(N)C1c1cc(F)cc(F)c1. The van der Waals surface area contributed by atoms with Crippen LogP contribution in [0.2, 0.25) is 0 Å². The minimum absolute atomic E-state index is 0.0679. The van der Waals surface area contributed by atoms with Crippen LogP contribution in [0.5, 0.6) is 0 Å². The Bertz CT molecular complexity index is 420. The largest absolute Gasteiger partial charge is 0.326 e. The van der Waals surface area contributed by atoms with Crippen LogP contribution < -0.4 is 5.73 Å². The van der Waals surface area contributed by atoms with E-state index in [1.165, 1.54) is 12.1 Å². The zero-order valence-corrected chi connectivity index (χ0v) is 11.1. The summed E-state index contributed by atoms with van der Waals surface area (Å²) in [6.07, 6.45) is 0.847. The third-order valence-electron chi connectivity index (χ3n) is 3.53. The van der Waals surface area contributed by atoms with Crippen LogP contribution in [0.1, 0.15) is 38.8 Å². The average molecular weight is 254 g/mol. The third kappa shape index (κ3) is 2.54. The van der Waals surface area contributed by atoms with Gasteiger partial charge in [-0.2, -0.15) is 0 Å². The van der Waals surface area contributed by atoms with Crippen LogP contribution in [0, 0.1) is 11.6 Å². The zero-order valence-electron chi connectivity index (χ0n) is 11.1. The molecule has 0 radical (unpaired) electrons. The highest BCUT2D eigenvalue weighted by molar-refractivity contribution is 5.25. The maximum absolute atomic E-state index is 13.3. The van der Waals surface area contributed by atoms with E-state index in [4.69, 9.17) is 5.73 Å². The van der Waals surface area contributed by atoms with Crippen molar-refractivity contribution in [1.82, 2.24) is 4.90 Å². The summed E-state index contributed by atoms with van der Waals surface area (Å²) in [5.41, 5.74) is 6.68. The van der Waals surface area contributed by atoms with Crippen LogP contribution in [-0.4, -0.2) is 23.0 Å². The fourth-order valence-corrected chi connectivity index (χ4v) is 2.74. The van der Waals surface area contributed by atoms with E-state index in [0.29, 0.717) is 5.56 Å². The van der Waals surface area contributed by atoms with Crippen LogP contribution >= 0.6 is 0 Å². The van der Waals surface area contributed by atoms with Crippen molar-refractivity contribution in [2.24, 2.45) is 5.73 Å². The Morgan fingerprint density at radius 1 is 1.17 bits per heavy atom. The smallest absolute Gasteiger partial charge is 0.126 e. The van der Waals surface area contributed by atoms with Crippen molar-refractivity contribution in [3.63, 3.8) is 0 Å². The normalized spacial score (nSPS) is 25.7. The highest BCUT2D eigenvalue weighted by Gasteiger charge is 2.39. The number of nitrogens with zero attached hydrogens (tertiary/aromatic N) is 1. The second-order valence-electron chi connectivity index (χ2n) is 5.96. The van der Waals surface area contributed by atoms with Crippen LogP contribution in [0.4, 0.5) is 8.78 Å². The van der Waals surface area contributed by atoms with Gasteiger partial charge in [-0.25, -0.2) is 8.78 Å². The van der Waals surface area contributed by atoms with Gasteiger partial charge in [0.05, 0.1) is 6.04 Å². The first kappa shape index (κ1) is 13.4. The molecule has 4 heteroatoms. The second-order valence-corrected chi connectivity index (χ2v) is 5.96. The van der Waals surface area contributed by atoms with Crippen LogP contribution in [0.15, 0.2) is 18.2 Å². The molecule has 0 aromatic heterocycles. The molecule has 1 heterocycles. The minimum Gasteiger partial charge on any atom is -0.326 e. The summed E-state index contributed by atoms with van der Waals surface area (Å²) in [5.74, 6) is -1.09. The molecule has 1 aromatic carbocycles. The molecule has 1 aliphatic heterocycles. The highest BCUT2D eigenvalue weighted by Crippen LogP contribution is 2.36. The minimum atomic E-state index is -0.544. The predicted octanol–water partition coefficient (Wildman–Crippen LogP) is 2.84. The molecule has 0 aliphatic carbocycles. The Hall–Kier alpha value is -1.00. The fourth-order valence-electron chi connectivity index (χ4n) is 2.74. The predicted molar refractivity (Wildman–Crippen MR) is 68.2 cm³/mol. The highest BCUT2D eigenvalue weighted by atomic mass is 19.1. The topological polar surface area (TPSA) is 29.3 Å². The fraction of sp³-hybridized carbons (Fsp3) is 0.571. The maximum Gasteiger partial charge on any atom is 0.126 e. The molecule has 0 bridgehead atoms. The standard InChI is InChI=1S/C14H20F2N2/c1-14(2,3)18-5-4-12(17)13(18)9-6-10(15)8-11(16)7-9/h6-8,12-13H,4-5,17H2,1-3H3. The van der Waals surface area contributed by atoms with Crippen molar-refractivity contribution in [1.29, 1.82) is 0 Å². The van der Waals surface area contributed by atoms with E-state index in [1.54, 1.807) is 0 Å². The number of halogens is 2. The van der Waals surface area contributed by atoms with E-state index in [2.05, 4.69) is 25.7 Å². The van der Waals surface area contributed by atoms with E-state index in [0.717, 1.165) is 19.0 Å². The Labute approximate surface area is 107 Å². The Balaban J connectivity index is 2.39. The summed E-state index contributed by atoms with van der Waals surface area (Å²) < 4.78 is 26.7. The van der Waals surface area contributed by atoms with Crippen molar-refractivity contribution in [2.45, 2.75) is 44.8 Å². The third-order valence-corrected chi connectivity index (χ3v) is 3.53. The lowest BCUT2D eigenvalue weighted by atomic mass is 9.97. The van der Waals surface area contributed by atoms with Gasteiger partial charge in [0.2, 0.25) is 0 Å². The molecule has 2 atom stereocenters. The maximum atomic E-state index is 13.3. The first-order chi connectivity index (χ1) is 8.29. The molecule has 0 amide bonds. The van der Waals surface area contributed by atoms with Crippen molar-refractivity contribution in [3.8, 4) is 0 Å². The number of benzene rings is 1. The molecular weight excluding hydrogens is 234 g/mol. The van der Waals surface area contributed by atoms with Crippen molar-refractivity contribution in [3.05, 3.63) is 35.4 Å². The first-order valence-electron chi connectivity index (χ1n) is 6.27. The zero-order chi connectivity index (χ0) is 13.5. The monoisotopic (exact) mass is 254 g/mol. The molecular formula is C14H20F2N2. The van der Waals surface area contributed by atoms with Gasteiger partial charge in [0.25, 0.3) is 0 Å². The molecule has 18 heavy (non-hydrogen) atoms. The molecule has 1 saturated heterocycles. The van der Waals surface area contributed by atoms with E-state index < -0.39 is 11.6 Å². The van der Waals surface area contributed by atoms with Gasteiger partial charge in [-0.05, 0) is 44.9 Å². The van der Waals surface area contributed by atoms with Crippen LogP contribution in [-0.2, 0) is 0 Å². The summed E-state index contributed by atoms with van der Waals surface area (Å²) in [4.78, 5) is 2.21. The molecule has 100 valence electrons. The summed E-state index contributed by atoms with van der Waals surface area (Å²) in [5, 5.41) is 0. The van der Waals surface area contributed by atoms with E-state index in [9.17, 15) is 8.78 Å². The number of nitrogens with two attached hydrogens (primary N) is 1. The molecule has 0 spiro atoms. The summed E-state index contributed by atoms with van der Waals surface area (Å²) in [7, 11) is 0. The van der Waals surface area contributed by atoms with Gasteiger partial charge in [-0.15, -0.1) is 0 Å². The van der Waals surface area contributed by atoms with E-state index in [-0.39, 0.29) is 17.6 Å². The molecule has 2 unspecified atom stereocenters. The summed E-state index contributed by atoms with van der Waals surface area (Å²) in [6.45, 7) is 7.13. The molecule has 2 rings (SSSR count). The quantitative estimate of drug-likeness (QED) is 0.835. The van der Waals surface area contributed by atoms with Crippen LogP contribution in [0.3, 0.4) is 0 Å². The second kappa shape index (κ2) is 4.59. The number of hydrogen-bond acceptors (Lipinski definition) is 2. The molecule has 2 nitrogen and oxygen atoms in total. The van der Waals surface area contributed by atoms with Crippen molar-refractivity contribution in [2.75, 3.05) is 6.54 Å². The van der Waals surface area contributed by atoms with Gasteiger partial charge >= 0.3 is 0 Å². The van der Waals surface area contributed by atoms with E-state index >= 15 is 0 Å². The summed E-state index contributed by atoms with van der Waals surface area (Å²) in [6, 6.07) is 3.47. The van der Waals surface area contributed by atoms with Gasteiger partial charge in [0.1, 0.15) is 11.6 Å². The molecule has 1 fully saturated rings. The molecule has 1 aliphatic rings. The molecule has 2 N–H and O–H groups in total. The lowest BCUT2D eigenvalue weighted by Crippen LogP contribution is -2.43. The lowest BCUT2D eigenvalue weighted by Gasteiger charge is -2.38. The molecule has 1 aromatic rings. The first-order valence-corrected chi connectivity index (χ1v) is 6.27.